The van der Waals surface area contributed by atoms with E-state index in [-0.39, 0.29) is 5.91 Å². The first kappa shape index (κ1) is 19.4. The molecule has 6 nitrogen and oxygen atoms in total. The predicted octanol–water partition coefficient (Wildman–Crippen LogP) is 4.12. The summed E-state index contributed by atoms with van der Waals surface area (Å²) in [5, 5.41) is 12.6. The molecule has 0 bridgehead atoms. The molecule has 0 fully saturated rings. The predicted molar refractivity (Wildman–Crippen MR) is 113 cm³/mol. The van der Waals surface area contributed by atoms with Crippen LogP contribution in [-0.4, -0.2) is 29.3 Å². The van der Waals surface area contributed by atoms with Gasteiger partial charge in [0.05, 0.1) is 5.41 Å². The molecule has 0 aliphatic carbocycles. The highest BCUT2D eigenvalue weighted by molar-refractivity contribution is 7.15. The number of amides is 1. The Bertz CT molecular complexity index is 1030. The lowest BCUT2D eigenvalue weighted by atomic mass is 9.83. The van der Waals surface area contributed by atoms with Crippen LogP contribution in [-0.2, 0) is 16.6 Å². The summed E-state index contributed by atoms with van der Waals surface area (Å²) >= 11 is 1.40. The first-order chi connectivity index (χ1) is 13.9. The Morgan fingerprint density at radius 1 is 1.07 bits per heavy atom. The first-order valence-corrected chi connectivity index (χ1v) is 10.3. The fourth-order valence-corrected chi connectivity index (χ4v) is 3.84. The molecule has 0 saturated carbocycles. The Hall–Kier alpha value is -2.93. The van der Waals surface area contributed by atoms with Gasteiger partial charge in [0.15, 0.2) is 11.5 Å². The molecule has 7 heteroatoms. The molecule has 0 atom stereocenters. The summed E-state index contributed by atoms with van der Waals surface area (Å²) < 4.78 is 11.2. The summed E-state index contributed by atoms with van der Waals surface area (Å²) in [4.78, 5) is 13.0. The molecule has 0 saturated heterocycles. The Kier molecular flexibility index (Phi) is 5.24. The molecular weight excluding hydrogens is 386 g/mol. The van der Waals surface area contributed by atoms with Gasteiger partial charge in [-0.1, -0.05) is 47.2 Å². The van der Waals surface area contributed by atoms with E-state index in [0.29, 0.717) is 36.3 Å². The number of nitrogens with one attached hydrogen (secondary N) is 1. The van der Waals surface area contributed by atoms with Gasteiger partial charge in [-0.3, -0.25) is 10.1 Å². The highest BCUT2D eigenvalue weighted by Crippen LogP contribution is 2.35. The molecule has 0 spiro atoms. The molecule has 1 aromatic heterocycles. The fraction of sp³-hybridized carbons (Fsp3) is 0.318. The van der Waals surface area contributed by atoms with Gasteiger partial charge in [0.2, 0.25) is 11.0 Å². The Labute approximate surface area is 173 Å². The zero-order valence-electron chi connectivity index (χ0n) is 16.7. The van der Waals surface area contributed by atoms with Crippen LogP contribution in [0.3, 0.4) is 0 Å². The molecule has 1 aliphatic heterocycles. The van der Waals surface area contributed by atoms with Gasteiger partial charge < -0.3 is 9.47 Å². The number of ether oxygens (including phenoxy) is 2. The maximum absolute atomic E-state index is 13.0. The van der Waals surface area contributed by atoms with Gasteiger partial charge in [0.1, 0.15) is 18.2 Å². The van der Waals surface area contributed by atoms with Crippen molar-refractivity contribution in [1.82, 2.24) is 10.2 Å². The van der Waals surface area contributed by atoms with E-state index in [2.05, 4.69) is 46.7 Å². The van der Waals surface area contributed by atoms with Gasteiger partial charge in [0, 0.05) is 6.42 Å². The summed E-state index contributed by atoms with van der Waals surface area (Å²) in [7, 11) is 0. The van der Waals surface area contributed by atoms with Crippen molar-refractivity contribution in [2.45, 2.75) is 32.6 Å². The van der Waals surface area contributed by atoms with Crippen molar-refractivity contribution < 1.29 is 14.3 Å². The molecule has 29 heavy (non-hydrogen) atoms. The van der Waals surface area contributed by atoms with E-state index in [9.17, 15) is 4.79 Å². The van der Waals surface area contributed by atoms with Gasteiger partial charge in [-0.05, 0) is 44.0 Å². The zero-order valence-corrected chi connectivity index (χ0v) is 17.5. The molecule has 1 amide bonds. The number of aryl methyl sites for hydroxylation is 1. The summed E-state index contributed by atoms with van der Waals surface area (Å²) in [5.74, 6) is 1.24. The number of hydrogen-bond acceptors (Lipinski definition) is 6. The van der Waals surface area contributed by atoms with Crippen LogP contribution < -0.4 is 14.8 Å². The third-order valence-electron chi connectivity index (χ3n) is 4.99. The summed E-state index contributed by atoms with van der Waals surface area (Å²) in [6, 6.07) is 13.9. The average molecular weight is 410 g/mol. The lowest BCUT2D eigenvalue weighted by Crippen LogP contribution is -2.34. The third-order valence-corrected chi connectivity index (χ3v) is 5.83. The average Bonchev–Trinajstić information content (AvgIpc) is 3.16. The molecule has 2 heterocycles. The fourth-order valence-electron chi connectivity index (χ4n) is 3.07. The van der Waals surface area contributed by atoms with E-state index in [4.69, 9.17) is 9.47 Å². The number of carbonyl (C=O) groups excluding carboxylic acids is 1. The monoisotopic (exact) mass is 409 g/mol. The molecule has 150 valence electrons. The molecule has 1 N–H and O–H groups in total. The molecule has 0 unspecified atom stereocenters. The minimum atomic E-state index is -0.765. The lowest BCUT2D eigenvalue weighted by Gasteiger charge is -2.26. The van der Waals surface area contributed by atoms with Gasteiger partial charge in [0.25, 0.3) is 0 Å². The smallest absolute Gasteiger partial charge is 0.236 e. The Morgan fingerprint density at radius 3 is 2.55 bits per heavy atom. The summed E-state index contributed by atoms with van der Waals surface area (Å²) in [6.45, 7) is 6.87. The van der Waals surface area contributed by atoms with Crippen molar-refractivity contribution in [1.29, 1.82) is 0 Å². The van der Waals surface area contributed by atoms with Crippen LogP contribution in [0.25, 0.3) is 0 Å². The van der Waals surface area contributed by atoms with Gasteiger partial charge in [-0.15, -0.1) is 10.2 Å². The molecule has 0 radical (unpaired) electrons. The minimum absolute atomic E-state index is 0.146. The van der Waals surface area contributed by atoms with Crippen LogP contribution in [0.4, 0.5) is 5.13 Å². The van der Waals surface area contributed by atoms with Crippen molar-refractivity contribution in [2.24, 2.45) is 0 Å². The maximum Gasteiger partial charge on any atom is 0.236 e. The van der Waals surface area contributed by atoms with Crippen molar-refractivity contribution in [3.8, 4) is 11.5 Å². The standard InChI is InChI=1S/C22H23N3O3S/c1-14-4-6-15(7-5-14)12-19-24-25-21(29-19)23-20(26)22(2,3)16-8-9-17-18(13-16)28-11-10-27-17/h4-9,13H,10-12H2,1-3H3,(H,23,25,26). The molecule has 3 aromatic rings. The van der Waals surface area contributed by atoms with Crippen LogP contribution in [0.15, 0.2) is 42.5 Å². The second-order valence-corrected chi connectivity index (χ2v) is 8.66. The minimum Gasteiger partial charge on any atom is -0.486 e. The SMILES string of the molecule is Cc1ccc(Cc2nnc(NC(=O)C(C)(C)c3ccc4c(c3)OCCO4)s2)cc1. The third kappa shape index (κ3) is 4.24. The van der Waals surface area contributed by atoms with Crippen molar-refractivity contribution in [3.05, 3.63) is 64.2 Å². The maximum atomic E-state index is 13.0. The Balaban J connectivity index is 1.45. The van der Waals surface area contributed by atoms with Crippen LogP contribution >= 0.6 is 11.3 Å². The number of aromatic nitrogens is 2. The lowest BCUT2D eigenvalue weighted by molar-refractivity contribution is -0.120. The van der Waals surface area contributed by atoms with E-state index in [0.717, 1.165) is 10.6 Å². The molecule has 1 aliphatic rings. The number of hydrogen-bond donors (Lipinski definition) is 1. The van der Waals surface area contributed by atoms with Gasteiger partial charge >= 0.3 is 0 Å². The zero-order chi connectivity index (χ0) is 20.4. The van der Waals surface area contributed by atoms with Crippen LogP contribution in [0.1, 0.15) is 35.5 Å². The molecule has 2 aromatic carbocycles. The number of rotatable bonds is 5. The second kappa shape index (κ2) is 7.83. The highest BCUT2D eigenvalue weighted by Gasteiger charge is 2.32. The van der Waals surface area contributed by atoms with Crippen LogP contribution in [0.2, 0.25) is 0 Å². The number of nitrogens with zero attached hydrogens (tertiary/aromatic N) is 2. The number of carbonyl (C=O) groups is 1. The van der Waals surface area contributed by atoms with E-state index in [1.807, 2.05) is 32.0 Å². The Morgan fingerprint density at radius 2 is 1.79 bits per heavy atom. The molecule has 4 rings (SSSR count). The van der Waals surface area contributed by atoms with Crippen LogP contribution in [0.5, 0.6) is 11.5 Å². The first-order valence-electron chi connectivity index (χ1n) is 9.51. The van der Waals surface area contributed by atoms with E-state index >= 15 is 0 Å². The van der Waals surface area contributed by atoms with Gasteiger partial charge in [-0.2, -0.15) is 0 Å². The van der Waals surface area contributed by atoms with E-state index < -0.39 is 5.41 Å². The summed E-state index contributed by atoms with van der Waals surface area (Å²) in [5.41, 5.74) is 2.48. The second-order valence-electron chi connectivity index (χ2n) is 7.60. The molecular formula is C22H23N3O3S. The quantitative estimate of drug-likeness (QED) is 0.686. The van der Waals surface area contributed by atoms with Crippen LogP contribution in [0, 0.1) is 6.92 Å². The number of benzene rings is 2. The van der Waals surface area contributed by atoms with Crippen molar-refractivity contribution in [3.63, 3.8) is 0 Å². The highest BCUT2D eigenvalue weighted by atomic mass is 32.1. The van der Waals surface area contributed by atoms with Gasteiger partial charge in [-0.25, -0.2) is 0 Å². The summed E-state index contributed by atoms with van der Waals surface area (Å²) in [6.07, 6.45) is 0.694. The van der Waals surface area contributed by atoms with E-state index in [1.54, 1.807) is 0 Å². The number of anilines is 1. The normalized spacial score (nSPS) is 13.2. The van der Waals surface area contributed by atoms with Crippen molar-refractivity contribution >= 4 is 22.4 Å². The topological polar surface area (TPSA) is 73.3 Å². The largest absolute Gasteiger partial charge is 0.486 e. The van der Waals surface area contributed by atoms with Crippen molar-refractivity contribution in [2.75, 3.05) is 18.5 Å². The number of fused-ring (bicyclic) bond motifs is 1. The van der Waals surface area contributed by atoms with E-state index in [1.165, 1.54) is 22.5 Å².